The molecule has 0 unspecified atom stereocenters. The second-order valence-corrected chi connectivity index (χ2v) is 3.86. The third-order valence-corrected chi connectivity index (χ3v) is 2.83. The van der Waals surface area contributed by atoms with Crippen LogP contribution in [0.1, 0.15) is 19.3 Å². The maximum absolute atomic E-state index is 13.2. The molecule has 2 atom stereocenters. The van der Waals surface area contributed by atoms with E-state index in [4.69, 9.17) is 15.3 Å². The van der Waals surface area contributed by atoms with Crippen LogP contribution in [0.25, 0.3) is 0 Å². The molecule has 1 fully saturated rings. The predicted molar refractivity (Wildman–Crippen MR) is 50.9 cm³/mol. The summed E-state index contributed by atoms with van der Waals surface area (Å²) in [4.78, 5) is 22.6. The zero-order valence-corrected chi connectivity index (χ0v) is 8.60. The zero-order chi connectivity index (χ0) is 12.3. The molecule has 92 valence electrons. The van der Waals surface area contributed by atoms with Crippen LogP contribution in [0.3, 0.4) is 0 Å². The van der Waals surface area contributed by atoms with Gasteiger partial charge in [-0.3, -0.25) is 4.90 Å². The summed E-state index contributed by atoms with van der Waals surface area (Å²) in [5, 5.41) is 26.6. The number of aliphatic hydroxyl groups is 1. The van der Waals surface area contributed by atoms with Crippen molar-refractivity contribution in [3.63, 3.8) is 0 Å². The van der Waals surface area contributed by atoms with Gasteiger partial charge in [0.15, 0.2) is 0 Å². The summed E-state index contributed by atoms with van der Waals surface area (Å²) in [6.45, 7) is -0.674. The van der Waals surface area contributed by atoms with Gasteiger partial charge in [0.1, 0.15) is 11.7 Å². The third kappa shape index (κ3) is 2.08. The Balaban J connectivity index is 2.96. The van der Waals surface area contributed by atoms with Gasteiger partial charge in [-0.05, 0) is 12.8 Å². The Morgan fingerprint density at radius 1 is 1.44 bits per heavy atom. The monoisotopic (exact) mass is 235 g/mol. The number of likely N-dealkylation sites (tertiary alicyclic amines) is 1. The van der Waals surface area contributed by atoms with E-state index < -0.39 is 30.3 Å². The molecule has 1 amide bonds. The van der Waals surface area contributed by atoms with Gasteiger partial charge in [0.05, 0.1) is 6.54 Å². The van der Waals surface area contributed by atoms with Crippen LogP contribution in [-0.2, 0) is 4.79 Å². The number of alkyl halides is 1. The number of halogens is 1. The van der Waals surface area contributed by atoms with Gasteiger partial charge in [0.2, 0.25) is 0 Å². The molecule has 1 aliphatic rings. The highest BCUT2D eigenvalue weighted by Crippen LogP contribution is 2.35. The smallest absolute Gasteiger partial charge is 0.408 e. The molecule has 0 radical (unpaired) electrons. The summed E-state index contributed by atoms with van der Waals surface area (Å²) in [5.41, 5.74) is -1.73. The van der Waals surface area contributed by atoms with Crippen molar-refractivity contribution >= 4 is 12.1 Å². The van der Waals surface area contributed by atoms with Gasteiger partial charge in [-0.15, -0.1) is 0 Å². The Kier molecular flexibility index (Phi) is 3.69. The summed E-state index contributed by atoms with van der Waals surface area (Å²) in [5.74, 6) is -1.36. The van der Waals surface area contributed by atoms with E-state index in [-0.39, 0.29) is 25.9 Å². The number of hydrogen-bond acceptors (Lipinski definition) is 3. The number of rotatable bonds is 4. The Hall–Kier alpha value is -1.37. The van der Waals surface area contributed by atoms with E-state index in [0.717, 1.165) is 0 Å². The standard InChI is InChI=1S/C9H14FNO5/c10-6-4-9(7(13)14,2-1-3-12)11(5-6)8(15)16/h6,12H,1-5H2,(H,13,14)(H,15,16)/t6-,9-/m1/s1. The fourth-order valence-corrected chi connectivity index (χ4v) is 2.09. The molecule has 6 nitrogen and oxygen atoms in total. The third-order valence-electron chi connectivity index (χ3n) is 2.83. The second kappa shape index (κ2) is 4.65. The van der Waals surface area contributed by atoms with E-state index in [1.165, 1.54) is 0 Å². The minimum Gasteiger partial charge on any atom is -0.479 e. The highest BCUT2D eigenvalue weighted by molar-refractivity contribution is 5.84. The molecule has 0 aromatic carbocycles. The van der Waals surface area contributed by atoms with Crippen molar-refractivity contribution in [1.29, 1.82) is 0 Å². The van der Waals surface area contributed by atoms with E-state index in [0.29, 0.717) is 4.90 Å². The Bertz CT molecular complexity index is 298. The van der Waals surface area contributed by atoms with Crippen LogP contribution in [0.15, 0.2) is 0 Å². The fourth-order valence-electron chi connectivity index (χ4n) is 2.09. The lowest BCUT2D eigenvalue weighted by Gasteiger charge is -2.32. The van der Waals surface area contributed by atoms with E-state index in [1.54, 1.807) is 0 Å². The lowest BCUT2D eigenvalue weighted by Crippen LogP contribution is -2.52. The first-order chi connectivity index (χ1) is 7.44. The molecule has 1 saturated heterocycles. The van der Waals surface area contributed by atoms with Crippen molar-refractivity contribution < 1.29 is 29.3 Å². The molecule has 1 aliphatic heterocycles. The van der Waals surface area contributed by atoms with Crippen LogP contribution in [0, 0.1) is 0 Å². The van der Waals surface area contributed by atoms with Gasteiger partial charge in [0.25, 0.3) is 0 Å². The highest BCUT2D eigenvalue weighted by Gasteiger charge is 2.53. The minimum atomic E-state index is -1.73. The number of hydrogen-bond donors (Lipinski definition) is 3. The van der Waals surface area contributed by atoms with Crippen LogP contribution < -0.4 is 0 Å². The summed E-state index contributed by atoms with van der Waals surface area (Å²) in [6, 6.07) is 0. The summed E-state index contributed by atoms with van der Waals surface area (Å²) >= 11 is 0. The normalized spacial score (nSPS) is 29.4. The number of aliphatic carboxylic acids is 1. The maximum Gasteiger partial charge on any atom is 0.408 e. The zero-order valence-electron chi connectivity index (χ0n) is 8.60. The maximum atomic E-state index is 13.2. The second-order valence-electron chi connectivity index (χ2n) is 3.86. The highest BCUT2D eigenvalue weighted by atomic mass is 19.1. The number of nitrogens with zero attached hydrogens (tertiary/aromatic N) is 1. The van der Waals surface area contributed by atoms with Gasteiger partial charge >= 0.3 is 12.1 Å². The lowest BCUT2D eigenvalue weighted by molar-refractivity contribution is -0.149. The van der Waals surface area contributed by atoms with Gasteiger partial charge in [-0.1, -0.05) is 0 Å². The molecular formula is C9H14FNO5. The first-order valence-corrected chi connectivity index (χ1v) is 4.93. The van der Waals surface area contributed by atoms with Crippen molar-refractivity contribution in [2.45, 2.75) is 31.0 Å². The summed E-state index contributed by atoms with van der Waals surface area (Å²) in [6.07, 6.45) is -3.21. The van der Waals surface area contributed by atoms with Crippen molar-refractivity contribution in [3.05, 3.63) is 0 Å². The first-order valence-electron chi connectivity index (χ1n) is 4.93. The molecule has 0 saturated carbocycles. The summed E-state index contributed by atoms with van der Waals surface area (Å²) < 4.78 is 13.2. The average molecular weight is 235 g/mol. The van der Waals surface area contributed by atoms with Crippen LogP contribution in [0.4, 0.5) is 9.18 Å². The topological polar surface area (TPSA) is 98.1 Å². The molecule has 3 N–H and O–H groups in total. The molecule has 7 heteroatoms. The Morgan fingerprint density at radius 2 is 2.06 bits per heavy atom. The Morgan fingerprint density at radius 3 is 2.50 bits per heavy atom. The van der Waals surface area contributed by atoms with E-state index in [1.807, 2.05) is 0 Å². The largest absolute Gasteiger partial charge is 0.479 e. The molecule has 0 spiro atoms. The SMILES string of the molecule is O=C(O)N1C[C@H](F)C[C@]1(CCCO)C(=O)O. The molecule has 0 bridgehead atoms. The molecule has 0 aromatic heterocycles. The number of amides is 1. The van der Waals surface area contributed by atoms with Crippen LogP contribution >= 0.6 is 0 Å². The Labute approximate surface area is 91.3 Å². The number of carboxylic acids is 1. The number of aliphatic hydroxyl groups excluding tert-OH is 1. The number of carboxylic acid groups (broad SMARTS) is 2. The van der Waals surface area contributed by atoms with Gasteiger partial charge < -0.3 is 15.3 Å². The van der Waals surface area contributed by atoms with Gasteiger partial charge in [-0.25, -0.2) is 14.0 Å². The van der Waals surface area contributed by atoms with E-state index >= 15 is 0 Å². The minimum absolute atomic E-state index is 0.0778. The van der Waals surface area contributed by atoms with Crippen molar-refractivity contribution in [2.75, 3.05) is 13.2 Å². The molecule has 0 aromatic rings. The van der Waals surface area contributed by atoms with Gasteiger partial charge in [-0.2, -0.15) is 0 Å². The van der Waals surface area contributed by atoms with Crippen LogP contribution in [0.5, 0.6) is 0 Å². The lowest BCUT2D eigenvalue weighted by atomic mass is 9.90. The average Bonchev–Trinajstić information content (AvgIpc) is 2.54. The van der Waals surface area contributed by atoms with Crippen LogP contribution in [-0.4, -0.2) is 57.1 Å². The van der Waals surface area contributed by atoms with Crippen LogP contribution in [0.2, 0.25) is 0 Å². The molecule has 16 heavy (non-hydrogen) atoms. The van der Waals surface area contributed by atoms with Gasteiger partial charge in [0, 0.05) is 13.0 Å². The molecule has 1 rings (SSSR count). The predicted octanol–water partition coefficient (Wildman–Crippen LogP) is 0.304. The van der Waals surface area contributed by atoms with E-state index in [2.05, 4.69) is 0 Å². The molecular weight excluding hydrogens is 221 g/mol. The van der Waals surface area contributed by atoms with Crippen molar-refractivity contribution in [3.8, 4) is 0 Å². The molecule has 1 heterocycles. The molecule has 0 aliphatic carbocycles. The quantitative estimate of drug-likeness (QED) is 0.651. The van der Waals surface area contributed by atoms with E-state index in [9.17, 15) is 14.0 Å². The number of carbonyl (C=O) groups is 2. The van der Waals surface area contributed by atoms with Crippen molar-refractivity contribution in [1.82, 2.24) is 4.90 Å². The first kappa shape index (κ1) is 12.7. The van der Waals surface area contributed by atoms with Crippen molar-refractivity contribution in [2.24, 2.45) is 0 Å². The fraction of sp³-hybridized carbons (Fsp3) is 0.778. The summed E-state index contributed by atoms with van der Waals surface area (Å²) in [7, 11) is 0.